The van der Waals surface area contributed by atoms with Crippen LogP contribution < -0.4 is 9.64 Å². The van der Waals surface area contributed by atoms with Crippen LogP contribution in [0.25, 0.3) is 0 Å². The Kier molecular flexibility index (Phi) is 10.0. The number of rotatable bonds is 6. The van der Waals surface area contributed by atoms with Crippen molar-refractivity contribution < 1.29 is 23.3 Å². The van der Waals surface area contributed by atoms with Crippen molar-refractivity contribution in [1.29, 1.82) is 0 Å². The van der Waals surface area contributed by atoms with Crippen LogP contribution in [0.15, 0.2) is 65.3 Å². The minimum atomic E-state index is -3.16. The molecule has 0 unspecified atom stereocenters. The van der Waals surface area contributed by atoms with Gasteiger partial charge >= 0.3 is 0 Å². The number of carbonyl (C=O) groups excluding carboxylic acids is 2. The maximum atomic E-state index is 14.4. The number of amides is 1. The van der Waals surface area contributed by atoms with Crippen molar-refractivity contribution in [3.63, 3.8) is 0 Å². The Hall–Kier alpha value is -3.76. The lowest BCUT2D eigenvalue weighted by Gasteiger charge is -2.46. The number of Topliss-reactive ketones (excluding diaryl/α,β-unsaturated/α-hetero) is 1. The van der Waals surface area contributed by atoms with Gasteiger partial charge < -0.3 is 14.4 Å². The van der Waals surface area contributed by atoms with Crippen molar-refractivity contribution in [3.8, 4) is 5.75 Å². The lowest BCUT2D eigenvalue weighted by Crippen LogP contribution is -2.49. The van der Waals surface area contributed by atoms with E-state index >= 15 is 0 Å². The highest BCUT2D eigenvalue weighted by atomic mass is 32.2. The van der Waals surface area contributed by atoms with Crippen LogP contribution in [0.2, 0.25) is 0 Å². The topological polar surface area (TPSA) is 103 Å². The van der Waals surface area contributed by atoms with Gasteiger partial charge in [0.1, 0.15) is 11.5 Å². The first-order chi connectivity index (χ1) is 24.1. The summed E-state index contributed by atoms with van der Waals surface area (Å²) in [6.07, 6.45) is 14.7. The molecule has 5 atom stereocenters. The largest absolute Gasteiger partial charge is 0.490 e. The number of ketones is 1. The average Bonchev–Trinajstić information content (AvgIpc) is 3.44. The van der Waals surface area contributed by atoms with Gasteiger partial charge in [-0.3, -0.25) is 14.3 Å². The predicted octanol–water partition coefficient (Wildman–Crippen LogP) is 6.63. The third-order valence-electron chi connectivity index (χ3n) is 11.3. The van der Waals surface area contributed by atoms with Crippen molar-refractivity contribution in [3.05, 3.63) is 88.8 Å². The van der Waals surface area contributed by atoms with E-state index in [0.717, 1.165) is 62.2 Å². The smallest absolute Gasteiger partial charge is 0.285 e. The fourth-order valence-corrected chi connectivity index (χ4v) is 10.5. The highest BCUT2D eigenvalue weighted by Gasteiger charge is 2.44. The Bertz CT molecular complexity index is 1910. The number of anilines is 1. The first kappa shape index (κ1) is 34.7. The van der Waals surface area contributed by atoms with Gasteiger partial charge in [-0.15, -0.1) is 0 Å². The van der Waals surface area contributed by atoms with Crippen LogP contribution in [0, 0.1) is 25.7 Å². The normalized spacial score (nSPS) is 28.7. The summed E-state index contributed by atoms with van der Waals surface area (Å²) in [6, 6.07) is 12.4. The Morgan fingerprint density at radius 2 is 2.00 bits per heavy atom. The SMILES string of the molecule is CO[C@H]1/C=C/CCC[S@@](=O)(CC(=O)CCn2cc(C)cn2)=NC(=O)c2ccc3c(c2)N(C[C@@H]2CC[C@H]21)C[C@@]1(CCCc2cc(C)ccc21)CO3. The molecule has 1 fully saturated rings. The minimum Gasteiger partial charge on any atom is -0.490 e. The zero-order valence-electron chi connectivity index (χ0n) is 29.6. The number of allylic oxidation sites excluding steroid dienone is 1. The van der Waals surface area contributed by atoms with Gasteiger partial charge in [-0.05, 0) is 106 Å². The van der Waals surface area contributed by atoms with Crippen LogP contribution in [0.5, 0.6) is 5.75 Å². The summed E-state index contributed by atoms with van der Waals surface area (Å²) in [4.78, 5) is 29.5. The summed E-state index contributed by atoms with van der Waals surface area (Å²) in [5, 5.41) is 4.26. The van der Waals surface area contributed by atoms with Gasteiger partial charge in [0.2, 0.25) is 0 Å². The molecule has 50 heavy (non-hydrogen) atoms. The monoisotopic (exact) mass is 698 g/mol. The van der Waals surface area contributed by atoms with E-state index in [9.17, 15) is 13.8 Å². The van der Waals surface area contributed by atoms with E-state index in [4.69, 9.17) is 9.47 Å². The molecule has 1 spiro atoms. The van der Waals surface area contributed by atoms with Crippen molar-refractivity contribution in [2.45, 2.75) is 83.3 Å². The standard InChI is InChI=1S/C40H50N4O5S/c1-28-10-14-35-30(20-28)8-7-17-40(35)26-43-24-32-11-13-34(32)37(48-3)9-5-4-6-19-50(47,25-33(45)16-18-44-23-29(2)22-41-44)42-39(46)31-12-15-38(49-27-40)36(43)21-31/h5,9-10,12,14-15,20-23,32,34,37H,4,6-8,11,13,16-19,24-27H2,1-3H3/b9-5+/t32-,34+,37-,40-,50+/m0/s1. The molecule has 0 radical (unpaired) electrons. The number of fused-ring (bicyclic) bond motifs is 4. The van der Waals surface area contributed by atoms with Gasteiger partial charge in [-0.1, -0.05) is 35.9 Å². The fraction of sp³-hybridized carbons (Fsp3) is 0.525. The molecule has 2 aliphatic carbocycles. The summed E-state index contributed by atoms with van der Waals surface area (Å²) in [6.45, 7) is 6.67. The molecule has 2 aliphatic heterocycles. The van der Waals surface area contributed by atoms with E-state index in [0.29, 0.717) is 43.4 Å². The number of aromatic nitrogens is 2. The molecule has 2 bridgehead atoms. The first-order valence-electron chi connectivity index (χ1n) is 18.2. The number of nitrogens with zero attached hydrogens (tertiary/aromatic N) is 4. The van der Waals surface area contributed by atoms with Gasteiger partial charge in [0, 0.05) is 56.1 Å². The highest BCUT2D eigenvalue weighted by Crippen LogP contribution is 2.47. The number of hydrogen-bond donors (Lipinski definition) is 0. The predicted molar refractivity (Wildman–Crippen MR) is 197 cm³/mol. The highest BCUT2D eigenvalue weighted by molar-refractivity contribution is 7.94. The minimum absolute atomic E-state index is 0.00818. The van der Waals surface area contributed by atoms with Crippen molar-refractivity contribution in [1.82, 2.24) is 9.78 Å². The molecule has 1 amide bonds. The zero-order chi connectivity index (χ0) is 34.9. The van der Waals surface area contributed by atoms with E-state index in [1.165, 1.54) is 16.7 Å². The van der Waals surface area contributed by atoms with Crippen LogP contribution in [0.4, 0.5) is 5.69 Å². The molecule has 1 saturated carbocycles. The third-order valence-corrected chi connectivity index (χ3v) is 13.5. The van der Waals surface area contributed by atoms with Crippen LogP contribution in [-0.2, 0) is 37.6 Å². The van der Waals surface area contributed by atoms with Crippen LogP contribution in [-0.4, -0.2) is 70.1 Å². The summed E-state index contributed by atoms with van der Waals surface area (Å²) in [5.41, 5.74) is 6.13. The maximum Gasteiger partial charge on any atom is 0.285 e. The second-order valence-corrected chi connectivity index (χ2v) is 17.4. The molecular weight excluding hydrogens is 649 g/mol. The summed E-state index contributed by atoms with van der Waals surface area (Å²) < 4.78 is 33.2. The molecule has 3 aromatic rings. The Balaban J connectivity index is 1.24. The lowest BCUT2D eigenvalue weighted by molar-refractivity contribution is -0.116. The molecule has 4 aliphatic rings. The van der Waals surface area contributed by atoms with E-state index in [1.54, 1.807) is 24.1 Å². The number of ether oxygens (including phenoxy) is 2. The number of benzene rings is 2. The lowest BCUT2D eigenvalue weighted by atomic mass is 9.68. The second-order valence-electron chi connectivity index (χ2n) is 15.0. The third kappa shape index (κ3) is 7.33. The number of methoxy groups -OCH3 is 1. The average molecular weight is 699 g/mol. The van der Waals surface area contributed by atoms with Gasteiger partial charge in [-0.2, -0.15) is 9.46 Å². The molecule has 10 heteroatoms. The van der Waals surface area contributed by atoms with Crippen LogP contribution in [0.1, 0.15) is 77.6 Å². The van der Waals surface area contributed by atoms with Crippen molar-refractivity contribution in [2.24, 2.45) is 16.2 Å². The van der Waals surface area contributed by atoms with Crippen molar-refractivity contribution >= 4 is 27.1 Å². The van der Waals surface area contributed by atoms with E-state index in [-0.39, 0.29) is 35.2 Å². The van der Waals surface area contributed by atoms with E-state index in [1.807, 2.05) is 25.3 Å². The van der Waals surface area contributed by atoms with Gasteiger partial charge in [-0.25, -0.2) is 4.21 Å². The molecular formula is C40H50N4O5S. The maximum absolute atomic E-state index is 14.4. The molecule has 1 aromatic heterocycles. The zero-order valence-corrected chi connectivity index (χ0v) is 30.5. The fourth-order valence-electron chi connectivity index (χ4n) is 8.50. The molecule has 2 aromatic carbocycles. The van der Waals surface area contributed by atoms with Crippen molar-refractivity contribution in [2.75, 3.05) is 43.2 Å². The van der Waals surface area contributed by atoms with Gasteiger partial charge in [0.05, 0.1) is 40.1 Å². The second kappa shape index (κ2) is 14.5. The Morgan fingerprint density at radius 3 is 2.78 bits per heavy atom. The van der Waals surface area contributed by atoms with Gasteiger partial charge in [0.25, 0.3) is 5.91 Å². The van der Waals surface area contributed by atoms with E-state index < -0.39 is 15.6 Å². The molecule has 9 nitrogen and oxygen atoms in total. The summed E-state index contributed by atoms with van der Waals surface area (Å²) in [7, 11) is -1.37. The summed E-state index contributed by atoms with van der Waals surface area (Å²) in [5.74, 6) is 0.748. The molecule has 7 rings (SSSR count). The Morgan fingerprint density at radius 1 is 1.12 bits per heavy atom. The number of carbonyl (C=O) groups is 2. The molecule has 0 saturated heterocycles. The quantitative estimate of drug-likeness (QED) is 0.266. The molecule has 0 N–H and O–H groups in total. The number of aryl methyl sites for hydroxylation is 4. The molecule has 266 valence electrons. The van der Waals surface area contributed by atoms with Crippen LogP contribution in [0.3, 0.4) is 0 Å². The number of hydrogen-bond acceptors (Lipinski definition) is 7. The van der Waals surface area contributed by atoms with Crippen LogP contribution >= 0.6 is 0 Å². The molecule has 3 heterocycles. The van der Waals surface area contributed by atoms with Gasteiger partial charge in [0.15, 0.2) is 0 Å². The first-order valence-corrected chi connectivity index (χ1v) is 20.1. The Labute approximate surface area is 296 Å². The summed E-state index contributed by atoms with van der Waals surface area (Å²) >= 11 is 0. The van der Waals surface area contributed by atoms with E-state index in [2.05, 4.69) is 51.6 Å².